The number of carbonyl (C=O) groups is 1. The predicted octanol–water partition coefficient (Wildman–Crippen LogP) is 1.65. The Morgan fingerprint density at radius 1 is 1.46 bits per heavy atom. The normalized spacial score (nSPS) is 45.8. The highest BCUT2D eigenvalue weighted by molar-refractivity contribution is 9.10. The summed E-state index contributed by atoms with van der Waals surface area (Å²) >= 11 is 3.43. The van der Waals surface area contributed by atoms with Crippen molar-refractivity contribution in [3.63, 3.8) is 0 Å². The van der Waals surface area contributed by atoms with Crippen LogP contribution in [0.25, 0.3) is 0 Å². The number of fused-ring (bicyclic) bond motifs is 2. The summed E-state index contributed by atoms with van der Waals surface area (Å²) in [5.74, 6) is -0.397. The summed E-state index contributed by atoms with van der Waals surface area (Å²) in [5, 5.41) is 10.6. The fraction of sp³-hybridized carbons (Fsp3) is 0.588. The smallest absolute Gasteiger partial charge is 0.235 e. The lowest BCUT2D eigenvalue weighted by atomic mass is 9.65. The number of benzene rings is 1. The van der Waals surface area contributed by atoms with Crippen molar-refractivity contribution in [2.45, 2.75) is 43.3 Å². The van der Waals surface area contributed by atoms with Crippen LogP contribution in [0.3, 0.4) is 0 Å². The van der Waals surface area contributed by atoms with Gasteiger partial charge in [-0.15, -0.1) is 0 Å². The zero-order valence-electron chi connectivity index (χ0n) is 13.2. The molecule has 1 amide bonds. The minimum absolute atomic E-state index is 0.0137. The van der Waals surface area contributed by atoms with Crippen LogP contribution >= 0.6 is 15.9 Å². The second-order valence-corrected chi connectivity index (χ2v) is 8.37. The summed E-state index contributed by atoms with van der Waals surface area (Å²) in [5.41, 5.74) is 5.98. The maximum atomic E-state index is 13.3. The first-order chi connectivity index (χ1) is 11.4. The molecule has 24 heavy (non-hydrogen) atoms. The van der Waals surface area contributed by atoms with Gasteiger partial charge in [0.1, 0.15) is 11.8 Å². The summed E-state index contributed by atoms with van der Waals surface area (Å²) in [6.45, 7) is 2.42. The Hall–Kier alpha value is -1.15. The van der Waals surface area contributed by atoms with Crippen LogP contribution in [0, 0.1) is 11.8 Å². The number of nitrogen functional groups attached to an aromatic ring is 1. The second kappa shape index (κ2) is 4.52. The number of amides is 1. The Labute approximate surface area is 148 Å². The summed E-state index contributed by atoms with van der Waals surface area (Å²) in [6.07, 6.45) is 0.199. The molecule has 0 radical (unpaired) electrons. The third kappa shape index (κ3) is 1.59. The molecule has 6 atom stereocenters. The van der Waals surface area contributed by atoms with E-state index in [0.29, 0.717) is 25.1 Å². The number of rotatable bonds is 1. The fourth-order valence-corrected chi connectivity index (χ4v) is 5.71. The van der Waals surface area contributed by atoms with Crippen molar-refractivity contribution < 1.29 is 19.4 Å². The third-order valence-electron chi connectivity index (χ3n) is 6.28. The minimum atomic E-state index is -0.655. The Morgan fingerprint density at radius 3 is 3.00 bits per heavy atom. The van der Waals surface area contributed by atoms with Crippen molar-refractivity contribution in [2.75, 3.05) is 17.2 Å². The van der Waals surface area contributed by atoms with Crippen molar-refractivity contribution in [2.24, 2.45) is 11.8 Å². The molecule has 4 fully saturated rings. The molecule has 0 aliphatic carbocycles. The van der Waals surface area contributed by atoms with E-state index in [1.165, 1.54) is 0 Å². The van der Waals surface area contributed by atoms with Crippen molar-refractivity contribution >= 4 is 33.2 Å². The number of ether oxygens (including phenoxy) is 2. The van der Waals surface area contributed by atoms with Crippen LogP contribution in [-0.2, 0) is 14.3 Å². The van der Waals surface area contributed by atoms with Crippen LogP contribution in [0.15, 0.2) is 22.7 Å². The van der Waals surface area contributed by atoms with E-state index in [1.54, 1.807) is 11.0 Å². The van der Waals surface area contributed by atoms with E-state index in [0.717, 1.165) is 10.2 Å². The molecule has 3 N–H and O–H groups in total. The zero-order chi connectivity index (χ0) is 16.9. The first kappa shape index (κ1) is 15.1. The van der Waals surface area contributed by atoms with Gasteiger partial charge < -0.3 is 20.3 Å². The van der Waals surface area contributed by atoms with Gasteiger partial charge in [-0.25, -0.2) is 0 Å². The zero-order valence-corrected chi connectivity index (χ0v) is 14.8. The van der Waals surface area contributed by atoms with Gasteiger partial charge in [0.15, 0.2) is 0 Å². The van der Waals surface area contributed by atoms with E-state index in [2.05, 4.69) is 15.9 Å². The van der Waals surface area contributed by atoms with Gasteiger partial charge in [0.25, 0.3) is 0 Å². The quantitative estimate of drug-likeness (QED) is 0.707. The van der Waals surface area contributed by atoms with Crippen molar-refractivity contribution in [3.8, 4) is 0 Å². The summed E-state index contributed by atoms with van der Waals surface area (Å²) in [6, 6.07) is 5.46. The van der Waals surface area contributed by atoms with Crippen LogP contribution < -0.4 is 10.6 Å². The topological polar surface area (TPSA) is 85.0 Å². The standard InChI is InChI=1S/C17H19BrN2O4/c1-16-7-11(21)17(24-16)4-5-23-15-13(17)12(16)14(22)20(15)8-2-3-10(19)9(18)6-8/h2-3,6,11-13,15,21H,4-5,7,19H2,1H3. The Morgan fingerprint density at radius 2 is 2.25 bits per heavy atom. The fourth-order valence-electron chi connectivity index (χ4n) is 5.34. The molecule has 4 saturated heterocycles. The number of aliphatic hydroxyl groups excluding tert-OH is 1. The van der Waals surface area contributed by atoms with Crippen molar-refractivity contribution in [3.05, 3.63) is 22.7 Å². The molecular formula is C17H19BrN2O4. The van der Waals surface area contributed by atoms with Gasteiger partial charge in [0, 0.05) is 28.7 Å². The maximum absolute atomic E-state index is 13.3. The van der Waals surface area contributed by atoms with E-state index in [1.807, 2.05) is 19.1 Å². The van der Waals surface area contributed by atoms with Crippen LogP contribution in [0.5, 0.6) is 0 Å². The molecule has 4 aliphatic heterocycles. The summed E-state index contributed by atoms with van der Waals surface area (Å²) in [7, 11) is 0. The van der Waals surface area contributed by atoms with Gasteiger partial charge in [0.05, 0.1) is 30.1 Å². The van der Waals surface area contributed by atoms with Crippen molar-refractivity contribution in [1.82, 2.24) is 0 Å². The summed E-state index contributed by atoms with van der Waals surface area (Å²) in [4.78, 5) is 15.0. The number of nitrogens with zero attached hydrogens (tertiary/aromatic N) is 1. The molecule has 6 nitrogen and oxygen atoms in total. The monoisotopic (exact) mass is 394 g/mol. The Kier molecular flexibility index (Phi) is 2.85. The van der Waals surface area contributed by atoms with E-state index >= 15 is 0 Å². The van der Waals surface area contributed by atoms with E-state index < -0.39 is 23.5 Å². The first-order valence-corrected chi connectivity index (χ1v) is 9.05. The number of carbonyl (C=O) groups excluding carboxylic acids is 1. The minimum Gasteiger partial charge on any atom is -0.398 e. The molecule has 2 bridgehead atoms. The van der Waals surface area contributed by atoms with E-state index in [-0.39, 0.29) is 17.7 Å². The lowest BCUT2D eigenvalue weighted by Crippen LogP contribution is -2.56. The highest BCUT2D eigenvalue weighted by Gasteiger charge is 2.78. The molecule has 0 saturated carbocycles. The first-order valence-electron chi connectivity index (χ1n) is 8.25. The average Bonchev–Trinajstić information content (AvgIpc) is 3.07. The highest BCUT2D eigenvalue weighted by Crippen LogP contribution is 2.65. The molecule has 4 aliphatic rings. The van der Waals surface area contributed by atoms with Crippen LogP contribution in [0.1, 0.15) is 19.8 Å². The molecule has 1 aromatic carbocycles. The summed E-state index contributed by atoms with van der Waals surface area (Å²) < 4.78 is 13.0. The average molecular weight is 395 g/mol. The molecular weight excluding hydrogens is 376 g/mol. The van der Waals surface area contributed by atoms with Gasteiger partial charge in [-0.05, 0) is 41.1 Å². The number of halogens is 1. The highest BCUT2D eigenvalue weighted by atomic mass is 79.9. The van der Waals surface area contributed by atoms with Crippen molar-refractivity contribution in [1.29, 1.82) is 0 Å². The number of nitrogens with two attached hydrogens (primary N) is 1. The predicted molar refractivity (Wildman–Crippen MR) is 90.2 cm³/mol. The molecule has 128 valence electrons. The largest absolute Gasteiger partial charge is 0.398 e. The van der Waals surface area contributed by atoms with Crippen LogP contribution in [0.2, 0.25) is 0 Å². The molecule has 1 aromatic rings. The van der Waals surface area contributed by atoms with Gasteiger partial charge in [-0.2, -0.15) is 0 Å². The number of hydrogen-bond donors (Lipinski definition) is 2. The number of aliphatic hydroxyl groups is 1. The lowest BCUT2D eigenvalue weighted by molar-refractivity contribution is -0.163. The Bertz CT molecular complexity index is 758. The molecule has 6 unspecified atom stereocenters. The van der Waals surface area contributed by atoms with Gasteiger partial charge in [-0.3, -0.25) is 9.69 Å². The number of hydrogen-bond acceptors (Lipinski definition) is 5. The van der Waals surface area contributed by atoms with Gasteiger partial charge in [-0.1, -0.05) is 0 Å². The second-order valence-electron chi connectivity index (χ2n) is 7.52. The van der Waals surface area contributed by atoms with E-state index in [4.69, 9.17) is 15.2 Å². The molecule has 4 heterocycles. The van der Waals surface area contributed by atoms with Crippen LogP contribution in [-0.4, -0.2) is 41.2 Å². The Balaban J connectivity index is 1.63. The van der Waals surface area contributed by atoms with Crippen LogP contribution in [0.4, 0.5) is 11.4 Å². The molecule has 0 aromatic heterocycles. The maximum Gasteiger partial charge on any atom is 0.235 e. The molecule has 1 spiro atoms. The van der Waals surface area contributed by atoms with Gasteiger partial charge >= 0.3 is 0 Å². The lowest BCUT2D eigenvalue weighted by Gasteiger charge is -2.43. The SMILES string of the molecule is CC12CC(O)C3(CCOC4C3C1C(=O)N4c1ccc(N)c(Br)c1)O2. The molecule has 7 heteroatoms. The number of anilines is 2. The third-order valence-corrected chi connectivity index (χ3v) is 6.96. The van der Waals surface area contributed by atoms with Gasteiger partial charge in [0.2, 0.25) is 5.91 Å². The van der Waals surface area contributed by atoms with E-state index in [9.17, 15) is 9.90 Å². The molecule has 5 rings (SSSR count).